The molecule has 0 aromatic carbocycles. The first-order valence-corrected chi connectivity index (χ1v) is 6.39. The second kappa shape index (κ2) is 6.14. The van der Waals surface area contributed by atoms with Crippen molar-refractivity contribution in [1.82, 2.24) is 35.2 Å². The van der Waals surface area contributed by atoms with Crippen LogP contribution in [0.4, 0.5) is 0 Å². The highest BCUT2D eigenvalue weighted by Gasteiger charge is 2.22. The summed E-state index contributed by atoms with van der Waals surface area (Å²) in [6, 6.07) is -0.153. The number of aromatic nitrogens is 5. The maximum atomic E-state index is 6.25. The topological polar surface area (TPSA) is 74.7 Å². The maximum absolute atomic E-state index is 6.25. The molecule has 0 radical (unpaired) electrons. The summed E-state index contributed by atoms with van der Waals surface area (Å²) in [5, 5.41) is 14.9. The van der Waals surface area contributed by atoms with Crippen molar-refractivity contribution in [3.8, 4) is 0 Å². The second-order valence-electron chi connectivity index (χ2n) is 4.50. The highest BCUT2D eigenvalue weighted by atomic mass is 35.5. The summed E-state index contributed by atoms with van der Waals surface area (Å²) in [5.41, 5.74) is 0.891. The number of halogens is 1. The Morgan fingerprint density at radius 2 is 2.32 bits per heavy atom. The number of nitrogens with zero attached hydrogens (tertiary/aromatic N) is 5. The molecule has 0 aliphatic heterocycles. The molecule has 7 nitrogen and oxygen atoms in total. The van der Waals surface area contributed by atoms with E-state index >= 15 is 0 Å². The number of hydrogen-bond donors (Lipinski definition) is 2. The molecular formula is C11H18ClN7. The fourth-order valence-corrected chi connectivity index (χ4v) is 2.14. The number of aromatic amines is 1. The Kier molecular flexibility index (Phi) is 4.52. The number of hydrogen-bond acceptors (Lipinski definition) is 5. The third-order valence-electron chi connectivity index (χ3n) is 2.86. The van der Waals surface area contributed by atoms with Crippen LogP contribution in [0.5, 0.6) is 0 Å². The summed E-state index contributed by atoms with van der Waals surface area (Å²) in [4.78, 5) is 6.28. The summed E-state index contributed by atoms with van der Waals surface area (Å²) in [6.45, 7) is 1.65. The van der Waals surface area contributed by atoms with Crippen molar-refractivity contribution in [2.75, 3.05) is 27.7 Å². The molecule has 1 atom stereocenters. The third-order valence-corrected chi connectivity index (χ3v) is 3.15. The molecule has 2 aromatic heterocycles. The molecule has 8 heteroatoms. The number of rotatable bonds is 6. The summed E-state index contributed by atoms with van der Waals surface area (Å²) in [5.74, 6) is 0.719. The SMILES string of the molecule is CNC(c1ncn[nH]1)c1c(Cl)cnn1CCN(C)C. The van der Waals surface area contributed by atoms with Crippen molar-refractivity contribution in [3.05, 3.63) is 29.1 Å². The van der Waals surface area contributed by atoms with Gasteiger partial charge in [-0.1, -0.05) is 11.6 Å². The Hall–Kier alpha value is -1.44. The molecule has 0 spiro atoms. The van der Waals surface area contributed by atoms with Gasteiger partial charge in [0.2, 0.25) is 0 Å². The van der Waals surface area contributed by atoms with Crippen molar-refractivity contribution < 1.29 is 0 Å². The highest BCUT2D eigenvalue weighted by Crippen LogP contribution is 2.25. The van der Waals surface area contributed by atoms with Crippen LogP contribution in [0.15, 0.2) is 12.5 Å². The fourth-order valence-electron chi connectivity index (χ4n) is 1.89. The summed E-state index contributed by atoms with van der Waals surface area (Å²) >= 11 is 6.25. The molecule has 0 amide bonds. The van der Waals surface area contributed by atoms with Gasteiger partial charge in [0.25, 0.3) is 0 Å². The van der Waals surface area contributed by atoms with Gasteiger partial charge in [-0.2, -0.15) is 10.2 Å². The summed E-state index contributed by atoms with van der Waals surface area (Å²) in [7, 11) is 5.90. The van der Waals surface area contributed by atoms with E-state index in [4.69, 9.17) is 11.6 Å². The minimum Gasteiger partial charge on any atom is -0.308 e. The van der Waals surface area contributed by atoms with Crippen LogP contribution in [0, 0.1) is 0 Å². The van der Waals surface area contributed by atoms with Crippen LogP contribution in [0.3, 0.4) is 0 Å². The van der Waals surface area contributed by atoms with Gasteiger partial charge in [0.05, 0.1) is 23.5 Å². The first kappa shape index (κ1) is 14.0. The standard InChI is InChI=1S/C11H18ClN7/c1-13-9(11-14-7-15-17-11)10-8(12)6-16-19(10)5-4-18(2)3/h6-7,9,13H,4-5H2,1-3H3,(H,14,15,17). The Morgan fingerprint density at radius 3 is 2.89 bits per heavy atom. The van der Waals surface area contributed by atoms with Gasteiger partial charge in [0.1, 0.15) is 18.2 Å². The fraction of sp³-hybridized carbons (Fsp3) is 0.545. The van der Waals surface area contributed by atoms with Gasteiger partial charge >= 0.3 is 0 Å². The summed E-state index contributed by atoms with van der Waals surface area (Å²) < 4.78 is 1.89. The van der Waals surface area contributed by atoms with Crippen molar-refractivity contribution in [3.63, 3.8) is 0 Å². The van der Waals surface area contributed by atoms with E-state index in [0.29, 0.717) is 5.02 Å². The lowest BCUT2D eigenvalue weighted by Gasteiger charge is -2.17. The van der Waals surface area contributed by atoms with Crippen molar-refractivity contribution in [2.24, 2.45) is 0 Å². The van der Waals surface area contributed by atoms with Gasteiger partial charge in [-0.05, 0) is 21.1 Å². The van der Waals surface area contributed by atoms with Gasteiger partial charge in [-0.3, -0.25) is 9.78 Å². The number of H-pyrrole nitrogens is 1. The van der Waals surface area contributed by atoms with Crippen LogP contribution in [0.2, 0.25) is 5.02 Å². The second-order valence-corrected chi connectivity index (χ2v) is 4.90. The Bertz CT molecular complexity index is 505. The van der Waals surface area contributed by atoms with E-state index in [1.54, 1.807) is 6.20 Å². The molecule has 2 aromatic rings. The average molecular weight is 284 g/mol. The van der Waals surface area contributed by atoms with E-state index < -0.39 is 0 Å². The van der Waals surface area contributed by atoms with E-state index in [9.17, 15) is 0 Å². The molecule has 1 unspecified atom stereocenters. The zero-order chi connectivity index (χ0) is 13.8. The molecule has 2 heterocycles. The Morgan fingerprint density at radius 1 is 1.53 bits per heavy atom. The number of likely N-dealkylation sites (N-methyl/N-ethyl adjacent to an activating group) is 1. The van der Waals surface area contributed by atoms with Gasteiger partial charge in [-0.25, -0.2) is 4.98 Å². The van der Waals surface area contributed by atoms with Crippen molar-refractivity contribution in [1.29, 1.82) is 0 Å². The van der Waals surface area contributed by atoms with Crippen LogP contribution in [-0.4, -0.2) is 57.5 Å². The van der Waals surface area contributed by atoms with Crippen LogP contribution < -0.4 is 5.32 Å². The Labute approximate surface area is 117 Å². The normalized spacial score (nSPS) is 13.1. The third kappa shape index (κ3) is 3.12. The van der Waals surface area contributed by atoms with E-state index in [2.05, 4.69) is 30.5 Å². The molecule has 2 N–H and O–H groups in total. The molecule has 0 aliphatic carbocycles. The van der Waals surface area contributed by atoms with E-state index in [0.717, 1.165) is 24.6 Å². The molecule has 0 saturated heterocycles. The van der Waals surface area contributed by atoms with Crippen LogP contribution in [0.25, 0.3) is 0 Å². The molecule has 0 aliphatic rings. The molecule has 0 saturated carbocycles. The largest absolute Gasteiger partial charge is 0.308 e. The molecule has 0 fully saturated rings. The number of nitrogens with one attached hydrogen (secondary N) is 2. The minimum absolute atomic E-state index is 0.153. The maximum Gasteiger partial charge on any atom is 0.147 e. The molecular weight excluding hydrogens is 266 g/mol. The van der Waals surface area contributed by atoms with Crippen LogP contribution >= 0.6 is 11.6 Å². The molecule has 0 bridgehead atoms. The Balaban J connectivity index is 2.29. The van der Waals surface area contributed by atoms with Gasteiger partial charge < -0.3 is 10.2 Å². The first-order valence-electron chi connectivity index (χ1n) is 6.02. The van der Waals surface area contributed by atoms with Crippen LogP contribution in [0.1, 0.15) is 17.6 Å². The van der Waals surface area contributed by atoms with Gasteiger partial charge in [0, 0.05) is 6.54 Å². The zero-order valence-corrected chi connectivity index (χ0v) is 12.0. The van der Waals surface area contributed by atoms with E-state index in [-0.39, 0.29) is 6.04 Å². The van der Waals surface area contributed by atoms with E-state index in [1.807, 2.05) is 25.8 Å². The minimum atomic E-state index is -0.153. The molecule has 19 heavy (non-hydrogen) atoms. The summed E-state index contributed by atoms with van der Waals surface area (Å²) in [6.07, 6.45) is 3.14. The van der Waals surface area contributed by atoms with Crippen molar-refractivity contribution in [2.45, 2.75) is 12.6 Å². The smallest absolute Gasteiger partial charge is 0.147 e. The first-order chi connectivity index (χ1) is 9.13. The van der Waals surface area contributed by atoms with Gasteiger partial charge in [-0.15, -0.1) is 0 Å². The monoisotopic (exact) mass is 283 g/mol. The zero-order valence-electron chi connectivity index (χ0n) is 11.3. The molecule has 2 rings (SSSR count). The van der Waals surface area contributed by atoms with E-state index in [1.165, 1.54) is 6.33 Å². The average Bonchev–Trinajstić information content (AvgIpc) is 3.00. The predicted octanol–water partition coefficient (Wildman–Crippen LogP) is 0.525. The molecule has 104 valence electrons. The predicted molar refractivity (Wildman–Crippen MR) is 73.1 cm³/mol. The van der Waals surface area contributed by atoms with Crippen LogP contribution in [-0.2, 0) is 6.54 Å². The highest BCUT2D eigenvalue weighted by molar-refractivity contribution is 6.31. The lowest BCUT2D eigenvalue weighted by atomic mass is 10.2. The quantitative estimate of drug-likeness (QED) is 0.809. The van der Waals surface area contributed by atoms with Gasteiger partial charge in [0.15, 0.2) is 0 Å². The lowest BCUT2D eigenvalue weighted by molar-refractivity contribution is 0.365. The lowest BCUT2D eigenvalue weighted by Crippen LogP contribution is -2.26. The van der Waals surface area contributed by atoms with Crippen molar-refractivity contribution >= 4 is 11.6 Å².